The third kappa shape index (κ3) is 2.01. The topological polar surface area (TPSA) is 40.5 Å². The van der Waals surface area contributed by atoms with Crippen molar-refractivity contribution in [3.05, 3.63) is 34.1 Å². The summed E-state index contributed by atoms with van der Waals surface area (Å²) in [4.78, 5) is 0. The summed E-state index contributed by atoms with van der Waals surface area (Å²) in [6, 6.07) is 4.75. The second kappa shape index (κ2) is 4.43. The van der Waals surface area contributed by atoms with Crippen LogP contribution in [0.1, 0.15) is 37.4 Å². The molecule has 1 aliphatic rings. The molecule has 16 heavy (non-hydrogen) atoms. The second-order valence-corrected chi connectivity index (χ2v) is 5.21. The van der Waals surface area contributed by atoms with Crippen molar-refractivity contribution in [2.24, 2.45) is 0 Å². The number of rotatable bonds is 2. The molecular weight excluding hydrogens is 275 g/mol. The number of aliphatic hydroxyl groups is 2. The lowest BCUT2D eigenvalue weighted by molar-refractivity contribution is -0.0733. The predicted octanol–water partition coefficient (Wildman–Crippen LogP) is 2.93. The van der Waals surface area contributed by atoms with Crippen LogP contribution in [0.5, 0.6) is 0 Å². The molecule has 1 aromatic rings. The van der Waals surface area contributed by atoms with Gasteiger partial charge in [0.15, 0.2) is 0 Å². The zero-order valence-corrected chi connectivity index (χ0v) is 10.4. The lowest BCUT2D eigenvalue weighted by atomic mass is 9.89. The molecule has 2 N–H and O–H groups in total. The Morgan fingerprint density at radius 2 is 1.94 bits per heavy atom. The standard InChI is InChI=1S/C12H14BrFO2/c13-9-5-3-4-8(10(9)14)11(15)12(16)6-1-2-7-12/h3-5,11,15-16H,1-2,6-7H2. The normalized spacial score (nSPS) is 21.0. The molecule has 0 aliphatic heterocycles. The van der Waals surface area contributed by atoms with Crippen LogP contribution in [-0.4, -0.2) is 15.8 Å². The monoisotopic (exact) mass is 288 g/mol. The highest BCUT2D eigenvalue weighted by atomic mass is 79.9. The third-order valence-electron chi connectivity index (χ3n) is 3.25. The van der Waals surface area contributed by atoms with E-state index in [-0.39, 0.29) is 5.56 Å². The van der Waals surface area contributed by atoms with E-state index in [4.69, 9.17) is 0 Å². The van der Waals surface area contributed by atoms with E-state index in [0.29, 0.717) is 17.3 Å². The van der Waals surface area contributed by atoms with Crippen LogP contribution < -0.4 is 0 Å². The van der Waals surface area contributed by atoms with Crippen molar-refractivity contribution in [1.82, 2.24) is 0 Å². The molecule has 1 unspecified atom stereocenters. The highest BCUT2D eigenvalue weighted by Crippen LogP contribution is 2.41. The van der Waals surface area contributed by atoms with Gasteiger partial charge in [0.2, 0.25) is 0 Å². The molecule has 1 atom stereocenters. The first-order chi connectivity index (χ1) is 7.54. The summed E-state index contributed by atoms with van der Waals surface area (Å²) >= 11 is 3.07. The molecule has 0 heterocycles. The minimum absolute atomic E-state index is 0.166. The van der Waals surface area contributed by atoms with E-state index >= 15 is 0 Å². The van der Waals surface area contributed by atoms with Gasteiger partial charge in [-0.1, -0.05) is 25.0 Å². The van der Waals surface area contributed by atoms with Crippen LogP contribution in [0.3, 0.4) is 0 Å². The van der Waals surface area contributed by atoms with Crippen molar-refractivity contribution in [3.8, 4) is 0 Å². The highest BCUT2D eigenvalue weighted by molar-refractivity contribution is 9.10. The van der Waals surface area contributed by atoms with Crippen molar-refractivity contribution >= 4 is 15.9 Å². The molecule has 1 fully saturated rings. The van der Waals surface area contributed by atoms with E-state index < -0.39 is 17.5 Å². The van der Waals surface area contributed by atoms with E-state index in [9.17, 15) is 14.6 Å². The predicted molar refractivity (Wildman–Crippen MR) is 62.5 cm³/mol. The number of hydrogen-bond acceptors (Lipinski definition) is 2. The van der Waals surface area contributed by atoms with Crippen LogP contribution in [0.15, 0.2) is 22.7 Å². The Hall–Kier alpha value is -0.450. The molecule has 4 heteroatoms. The third-order valence-corrected chi connectivity index (χ3v) is 3.87. The Kier molecular flexibility index (Phi) is 3.33. The summed E-state index contributed by atoms with van der Waals surface area (Å²) in [6.45, 7) is 0. The summed E-state index contributed by atoms with van der Waals surface area (Å²) in [7, 11) is 0. The molecule has 0 amide bonds. The van der Waals surface area contributed by atoms with Crippen LogP contribution in [-0.2, 0) is 0 Å². The van der Waals surface area contributed by atoms with Crippen molar-refractivity contribution in [3.63, 3.8) is 0 Å². The molecule has 1 aliphatic carbocycles. The van der Waals surface area contributed by atoms with Gasteiger partial charge in [-0.05, 0) is 34.8 Å². The van der Waals surface area contributed by atoms with Gasteiger partial charge in [-0.25, -0.2) is 4.39 Å². The summed E-state index contributed by atoms with van der Waals surface area (Å²) in [5.41, 5.74) is -1.000. The SMILES string of the molecule is OC(c1cccc(Br)c1F)C1(O)CCCC1. The number of aliphatic hydroxyl groups excluding tert-OH is 1. The van der Waals surface area contributed by atoms with Crippen LogP contribution in [0.4, 0.5) is 4.39 Å². The quantitative estimate of drug-likeness (QED) is 0.879. The molecule has 0 saturated heterocycles. The Morgan fingerprint density at radius 1 is 1.31 bits per heavy atom. The van der Waals surface area contributed by atoms with Crippen molar-refractivity contribution in [2.45, 2.75) is 37.4 Å². The molecule has 0 bridgehead atoms. The van der Waals surface area contributed by atoms with E-state index in [0.717, 1.165) is 12.8 Å². The number of benzene rings is 1. The average Bonchev–Trinajstić information content (AvgIpc) is 2.70. The molecule has 88 valence electrons. The molecule has 0 spiro atoms. The molecule has 0 aromatic heterocycles. The fourth-order valence-corrected chi connectivity index (χ4v) is 2.66. The number of halogens is 2. The van der Waals surface area contributed by atoms with Crippen LogP contribution >= 0.6 is 15.9 Å². The van der Waals surface area contributed by atoms with E-state index in [1.54, 1.807) is 12.1 Å². The van der Waals surface area contributed by atoms with Gasteiger partial charge in [0.05, 0.1) is 10.1 Å². The fourth-order valence-electron chi connectivity index (χ4n) is 2.28. The van der Waals surface area contributed by atoms with Gasteiger partial charge in [0.25, 0.3) is 0 Å². The summed E-state index contributed by atoms with van der Waals surface area (Å²) < 4.78 is 14.1. The highest BCUT2D eigenvalue weighted by Gasteiger charge is 2.40. The summed E-state index contributed by atoms with van der Waals surface area (Å²) in [6.07, 6.45) is 1.67. The lowest BCUT2D eigenvalue weighted by Gasteiger charge is -2.29. The molecule has 0 radical (unpaired) electrons. The Bertz CT molecular complexity index is 389. The molecule has 1 saturated carbocycles. The lowest BCUT2D eigenvalue weighted by Crippen LogP contribution is -2.33. The largest absolute Gasteiger partial charge is 0.387 e. The first-order valence-electron chi connectivity index (χ1n) is 5.39. The molecule has 2 rings (SSSR count). The summed E-state index contributed by atoms with van der Waals surface area (Å²) in [5, 5.41) is 20.3. The molecule has 1 aromatic carbocycles. The Morgan fingerprint density at radius 3 is 2.56 bits per heavy atom. The van der Waals surface area contributed by atoms with Gasteiger partial charge in [-0.15, -0.1) is 0 Å². The zero-order valence-electron chi connectivity index (χ0n) is 8.79. The number of hydrogen-bond donors (Lipinski definition) is 2. The van der Waals surface area contributed by atoms with Crippen molar-refractivity contribution in [2.75, 3.05) is 0 Å². The maximum atomic E-state index is 13.8. The van der Waals surface area contributed by atoms with Gasteiger partial charge in [-0.2, -0.15) is 0 Å². The smallest absolute Gasteiger partial charge is 0.143 e. The van der Waals surface area contributed by atoms with Crippen molar-refractivity contribution < 1.29 is 14.6 Å². The van der Waals surface area contributed by atoms with Gasteiger partial charge in [-0.3, -0.25) is 0 Å². The minimum atomic E-state index is -1.17. The first-order valence-corrected chi connectivity index (χ1v) is 6.18. The van der Waals surface area contributed by atoms with Gasteiger partial charge < -0.3 is 10.2 Å². The van der Waals surface area contributed by atoms with Crippen molar-refractivity contribution in [1.29, 1.82) is 0 Å². The molecule has 2 nitrogen and oxygen atoms in total. The van der Waals surface area contributed by atoms with E-state index in [1.165, 1.54) is 6.07 Å². The van der Waals surface area contributed by atoms with Gasteiger partial charge >= 0.3 is 0 Å². The van der Waals surface area contributed by atoms with E-state index in [1.807, 2.05) is 0 Å². The fraction of sp³-hybridized carbons (Fsp3) is 0.500. The Balaban J connectivity index is 2.33. The van der Waals surface area contributed by atoms with Crippen LogP contribution in [0.25, 0.3) is 0 Å². The summed E-state index contributed by atoms with van der Waals surface area (Å²) in [5.74, 6) is -0.490. The minimum Gasteiger partial charge on any atom is -0.387 e. The van der Waals surface area contributed by atoms with Gasteiger partial charge in [0.1, 0.15) is 11.9 Å². The maximum absolute atomic E-state index is 13.8. The Labute approximate surface area is 102 Å². The molecular formula is C12H14BrFO2. The van der Waals surface area contributed by atoms with Gasteiger partial charge in [0, 0.05) is 5.56 Å². The maximum Gasteiger partial charge on any atom is 0.143 e. The van der Waals surface area contributed by atoms with Crippen LogP contribution in [0, 0.1) is 5.82 Å². The van der Waals surface area contributed by atoms with Crippen LogP contribution in [0.2, 0.25) is 0 Å². The first kappa shape index (κ1) is 12.0. The second-order valence-electron chi connectivity index (χ2n) is 4.36. The average molecular weight is 289 g/mol. The zero-order chi connectivity index (χ0) is 11.8. The van der Waals surface area contributed by atoms with E-state index in [2.05, 4.69) is 15.9 Å².